The summed E-state index contributed by atoms with van der Waals surface area (Å²) in [5.41, 5.74) is 3.15. The van der Waals surface area contributed by atoms with Crippen LogP contribution in [0.3, 0.4) is 0 Å². The van der Waals surface area contributed by atoms with Crippen molar-refractivity contribution in [3.05, 3.63) is 75.3 Å². The normalized spacial score (nSPS) is 18.5. The Bertz CT molecular complexity index is 2390. The fourth-order valence-corrected chi connectivity index (χ4v) is 8.88. The van der Waals surface area contributed by atoms with Crippen molar-refractivity contribution in [3.63, 3.8) is 0 Å². The maximum Gasteiger partial charge on any atom is 0.263 e. The summed E-state index contributed by atoms with van der Waals surface area (Å²) >= 11 is 0. The second-order valence-corrected chi connectivity index (χ2v) is 16.0. The molecule has 3 aliphatic heterocycles. The van der Waals surface area contributed by atoms with E-state index in [1.165, 1.54) is 11.8 Å². The molecule has 1 aromatic carbocycles. The standard InChI is InChI=1S/C43H50N10O7/c1-26-31-23-46-43(49-39(31)53(28-8-3-4-9-28)42(59)38(26)27(2)54)47-35-14-12-29(22-45-35)51-20-18-50(19-21-51)17-6-5-16-44-37(56)25-60-34-11-7-10-30-32(34)24-52(41(30)58)33-13-15-36(55)48-40(33)57/h7,10-12,14,22-23,28,33H,3-6,8-9,13,15-21,24-25H2,1-2H3,(H,44,56)(H,48,55,57)(H,45,46,47,49). The Balaban J connectivity index is 0.762. The van der Waals surface area contributed by atoms with Crippen molar-refractivity contribution in [2.75, 3.05) is 56.1 Å². The van der Waals surface area contributed by atoms with Crippen molar-refractivity contribution >= 4 is 57.9 Å². The summed E-state index contributed by atoms with van der Waals surface area (Å²) in [5, 5.41) is 9.12. The Morgan fingerprint density at radius 2 is 1.75 bits per heavy atom. The Hall–Kier alpha value is -6.23. The molecular formula is C43H50N10O7. The Morgan fingerprint density at radius 1 is 0.950 bits per heavy atom. The predicted molar refractivity (Wildman–Crippen MR) is 222 cm³/mol. The molecule has 0 radical (unpaired) electrons. The number of fused-ring (bicyclic) bond motifs is 2. The molecule has 17 nitrogen and oxygen atoms in total. The van der Waals surface area contributed by atoms with Crippen LogP contribution in [0.5, 0.6) is 5.75 Å². The smallest absolute Gasteiger partial charge is 0.263 e. The molecular weight excluding hydrogens is 769 g/mol. The summed E-state index contributed by atoms with van der Waals surface area (Å²) in [6.45, 7) is 8.17. The van der Waals surface area contributed by atoms with Gasteiger partial charge in [0.15, 0.2) is 12.4 Å². The lowest BCUT2D eigenvalue weighted by Gasteiger charge is -2.36. The molecule has 4 aliphatic rings. The lowest BCUT2D eigenvalue weighted by molar-refractivity contribution is -0.137. The quantitative estimate of drug-likeness (QED) is 0.0951. The number of piperidine rings is 1. The van der Waals surface area contributed by atoms with Crippen LogP contribution in [-0.4, -0.2) is 111 Å². The average Bonchev–Trinajstić information content (AvgIpc) is 3.89. The summed E-state index contributed by atoms with van der Waals surface area (Å²) < 4.78 is 7.53. The summed E-state index contributed by atoms with van der Waals surface area (Å²) in [5.74, 6) is -0.261. The maximum absolute atomic E-state index is 13.6. The van der Waals surface area contributed by atoms with E-state index in [9.17, 15) is 28.8 Å². The van der Waals surface area contributed by atoms with Gasteiger partial charge in [-0.05, 0) is 82.3 Å². The number of piperazine rings is 1. The minimum absolute atomic E-state index is 0.00220. The van der Waals surface area contributed by atoms with Gasteiger partial charge in [-0.15, -0.1) is 0 Å². The van der Waals surface area contributed by atoms with Crippen LogP contribution in [0.1, 0.15) is 96.2 Å². The van der Waals surface area contributed by atoms with Gasteiger partial charge in [0.05, 0.1) is 24.0 Å². The number of hydrogen-bond donors (Lipinski definition) is 3. The van der Waals surface area contributed by atoms with Crippen LogP contribution in [0.4, 0.5) is 17.5 Å². The van der Waals surface area contributed by atoms with E-state index in [1.807, 2.05) is 18.3 Å². The highest BCUT2D eigenvalue weighted by molar-refractivity contribution is 6.05. The van der Waals surface area contributed by atoms with Gasteiger partial charge in [0, 0.05) is 67.9 Å². The number of hydrogen-bond acceptors (Lipinski definition) is 13. The first-order valence-corrected chi connectivity index (χ1v) is 20.8. The summed E-state index contributed by atoms with van der Waals surface area (Å²) in [6, 6.07) is 8.29. The lowest BCUT2D eigenvalue weighted by atomic mass is 10.0. The largest absolute Gasteiger partial charge is 0.483 e. The van der Waals surface area contributed by atoms with Gasteiger partial charge in [0.1, 0.15) is 23.3 Å². The molecule has 0 bridgehead atoms. The zero-order valence-corrected chi connectivity index (χ0v) is 34.0. The third kappa shape index (κ3) is 8.44. The molecule has 1 unspecified atom stereocenters. The van der Waals surface area contributed by atoms with Crippen molar-refractivity contribution in [2.24, 2.45) is 0 Å². The van der Waals surface area contributed by atoms with E-state index < -0.39 is 11.9 Å². The first kappa shape index (κ1) is 40.5. The van der Waals surface area contributed by atoms with E-state index in [1.54, 1.807) is 35.9 Å². The number of aryl methyl sites for hydroxylation is 1. The second kappa shape index (κ2) is 17.6. The van der Waals surface area contributed by atoms with Crippen LogP contribution in [0.25, 0.3) is 11.0 Å². The lowest BCUT2D eigenvalue weighted by Crippen LogP contribution is -2.52. The fraction of sp³-hybridized carbons (Fsp3) is 0.465. The molecule has 8 rings (SSSR count). The van der Waals surface area contributed by atoms with Crippen molar-refractivity contribution in [1.29, 1.82) is 0 Å². The Labute approximate surface area is 346 Å². The summed E-state index contributed by atoms with van der Waals surface area (Å²) in [6.07, 6.45) is 9.54. The SMILES string of the molecule is CC(=O)c1c(C)c2cnc(Nc3ccc(N4CCN(CCCCNC(=O)COc5cccc6c5CN(C5CCC(=O)NC5=O)C6=O)CC4)cn3)nc2n(C2CCCC2)c1=O. The Morgan fingerprint density at radius 3 is 2.48 bits per heavy atom. The number of unbranched alkanes of at least 4 members (excludes halogenated alkanes) is 1. The number of ketones is 1. The molecule has 4 amide bonds. The number of nitrogens with one attached hydrogen (secondary N) is 3. The molecule has 3 N–H and O–H groups in total. The highest BCUT2D eigenvalue weighted by Crippen LogP contribution is 2.34. The van der Waals surface area contributed by atoms with E-state index in [4.69, 9.17) is 9.72 Å². The van der Waals surface area contributed by atoms with Crippen LogP contribution in [0.2, 0.25) is 0 Å². The third-order valence-corrected chi connectivity index (χ3v) is 12.1. The van der Waals surface area contributed by atoms with Crippen molar-refractivity contribution in [1.82, 2.24) is 40.0 Å². The number of Topliss-reactive ketones (excluding diaryl/α,β-unsaturated/α-hetero) is 1. The number of carbonyl (C=O) groups is 5. The zero-order chi connectivity index (χ0) is 41.9. The molecule has 17 heteroatoms. The number of carbonyl (C=O) groups excluding carboxylic acids is 5. The number of imide groups is 1. The molecule has 314 valence electrons. The van der Waals surface area contributed by atoms with Gasteiger partial charge in [0.25, 0.3) is 17.4 Å². The molecule has 2 saturated heterocycles. The van der Waals surface area contributed by atoms with Gasteiger partial charge in [-0.3, -0.25) is 43.6 Å². The monoisotopic (exact) mass is 818 g/mol. The van der Waals surface area contributed by atoms with E-state index in [0.717, 1.165) is 76.9 Å². The number of anilines is 3. The average molecular weight is 819 g/mol. The Kier molecular flexibility index (Phi) is 11.9. The topological polar surface area (TPSA) is 201 Å². The van der Waals surface area contributed by atoms with Gasteiger partial charge in [-0.2, -0.15) is 4.98 Å². The van der Waals surface area contributed by atoms with E-state index >= 15 is 0 Å². The van der Waals surface area contributed by atoms with E-state index in [0.29, 0.717) is 51.8 Å². The van der Waals surface area contributed by atoms with Gasteiger partial charge in [-0.1, -0.05) is 18.9 Å². The number of pyridine rings is 2. The first-order chi connectivity index (χ1) is 29.0. The molecule has 3 fully saturated rings. The second-order valence-electron chi connectivity index (χ2n) is 16.0. The number of benzene rings is 1. The van der Waals surface area contributed by atoms with Crippen LogP contribution in [0, 0.1) is 6.92 Å². The predicted octanol–water partition coefficient (Wildman–Crippen LogP) is 3.41. The molecule has 1 aliphatic carbocycles. The zero-order valence-electron chi connectivity index (χ0n) is 34.0. The van der Waals surface area contributed by atoms with Crippen LogP contribution in [0.15, 0.2) is 47.5 Å². The molecule has 6 heterocycles. The molecule has 4 aromatic rings. The van der Waals surface area contributed by atoms with Gasteiger partial charge < -0.3 is 25.2 Å². The molecule has 0 spiro atoms. The highest BCUT2D eigenvalue weighted by atomic mass is 16.5. The fourth-order valence-electron chi connectivity index (χ4n) is 8.88. The number of rotatable bonds is 14. The van der Waals surface area contributed by atoms with Crippen LogP contribution < -0.4 is 31.1 Å². The van der Waals surface area contributed by atoms with Crippen molar-refractivity contribution in [3.8, 4) is 5.75 Å². The number of ether oxygens (including phenoxy) is 1. The first-order valence-electron chi connectivity index (χ1n) is 20.8. The van der Waals surface area contributed by atoms with Crippen LogP contribution in [-0.2, 0) is 20.9 Å². The minimum Gasteiger partial charge on any atom is -0.483 e. The summed E-state index contributed by atoms with van der Waals surface area (Å²) in [4.78, 5) is 95.8. The third-order valence-electron chi connectivity index (χ3n) is 12.1. The molecule has 1 saturated carbocycles. The van der Waals surface area contributed by atoms with E-state index in [-0.39, 0.29) is 66.7 Å². The van der Waals surface area contributed by atoms with Crippen molar-refractivity contribution < 1.29 is 28.7 Å². The van der Waals surface area contributed by atoms with Crippen molar-refractivity contribution in [2.45, 2.75) is 83.8 Å². The highest BCUT2D eigenvalue weighted by Gasteiger charge is 2.40. The van der Waals surface area contributed by atoms with Gasteiger partial charge in [0.2, 0.25) is 17.8 Å². The van der Waals surface area contributed by atoms with Gasteiger partial charge in [-0.25, -0.2) is 9.97 Å². The number of nitrogens with zero attached hydrogens (tertiary/aromatic N) is 7. The van der Waals surface area contributed by atoms with Crippen LogP contribution >= 0.6 is 0 Å². The van der Waals surface area contributed by atoms with E-state index in [2.05, 4.69) is 35.7 Å². The molecule has 60 heavy (non-hydrogen) atoms. The number of aromatic nitrogens is 4. The minimum atomic E-state index is -0.720. The molecule has 3 aromatic heterocycles. The van der Waals surface area contributed by atoms with Gasteiger partial charge >= 0.3 is 0 Å². The number of amides is 4. The maximum atomic E-state index is 13.6. The molecule has 1 atom stereocenters. The summed E-state index contributed by atoms with van der Waals surface area (Å²) in [7, 11) is 0.